The molecule has 1 atom stereocenters. The van der Waals surface area contributed by atoms with Gasteiger partial charge in [-0.3, -0.25) is 4.99 Å². The Labute approximate surface area is 123 Å². The molecule has 1 aromatic rings. The Bertz CT molecular complexity index is 512. The van der Waals surface area contributed by atoms with Gasteiger partial charge in [-0.15, -0.1) is 6.58 Å². The first kappa shape index (κ1) is 16.2. The number of aliphatic imine (C=N–C) groups is 1. The van der Waals surface area contributed by atoms with Crippen molar-refractivity contribution < 1.29 is 0 Å². The van der Waals surface area contributed by atoms with E-state index in [1.165, 1.54) is 5.56 Å². The molecule has 1 rings (SSSR count). The van der Waals surface area contributed by atoms with Crippen LogP contribution in [0.5, 0.6) is 0 Å². The normalized spacial score (nSPS) is 12.4. The number of anilines is 1. The van der Waals surface area contributed by atoms with Crippen LogP contribution in [-0.2, 0) is 0 Å². The smallest absolute Gasteiger partial charge is 0.0721 e. The number of benzene rings is 1. The zero-order chi connectivity index (χ0) is 15.1. The molecule has 0 fully saturated rings. The minimum atomic E-state index is 0.285. The van der Waals surface area contributed by atoms with Crippen molar-refractivity contribution in [3.8, 4) is 0 Å². The summed E-state index contributed by atoms with van der Waals surface area (Å²) in [6.07, 6.45) is 5.82. The third-order valence-electron chi connectivity index (χ3n) is 3.28. The number of rotatable bonds is 7. The van der Waals surface area contributed by atoms with Gasteiger partial charge in [-0.2, -0.15) is 0 Å². The van der Waals surface area contributed by atoms with E-state index in [-0.39, 0.29) is 6.04 Å². The third kappa shape index (κ3) is 4.09. The summed E-state index contributed by atoms with van der Waals surface area (Å²) in [5.74, 6) is 0. The van der Waals surface area contributed by atoms with Gasteiger partial charge in [0.15, 0.2) is 0 Å². The second kappa shape index (κ2) is 7.68. The van der Waals surface area contributed by atoms with E-state index in [9.17, 15) is 0 Å². The van der Waals surface area contributed by atoms with E-state index in [2.05, 4.69) is 56.4 Å². The molecule has 0 radical (unpaired) electrons. The van der Waals surface area contributed by atoms with Crippen LogP contribution in [0.15, 0.2) is 36.4 Å². The minimum Gasteiger partial charge on any atom is -0.379 e. The molecule has 0 saturated carbocycles. The highest BCUT2D eigenvalue weighted by Gasteiger charge is 2.09. The molecular weight excluding hydrogens is 244 g/mol. The molecule has 0 bridgehead atoms. The van der Waals surface area contributed by atoms with Gasteiger partial charge >= 0.3 is 0 Å². The quantitative estimate of drug-likeness (QED) is 0.512. The Hall–Kier alpha value is -1.83. The fourth-order valence-corrected chi connectivity index (χ4v) is 2.02. The van der Waals surface area contributed by atoms with Gasteiger partial charge in [0.05, 0.1) is 5.69 Å². The van der Waals surface area contributed by atoms with E-state index < -0.39 is 0 Å². The van der Waals surface area contributed by atoms with Crippen LogP contribution < -0.4 is 5.32 Å². The number of nitrogens with one attached hydrogen (secondary N) is 1. The second-order valence-electron chi connectivity index (χ2n) is 5.08. The van der Waals surface area contributed by atoms with Gasteiger partial charge in [0, 0.05) is 23.5 Å². The molecule has 0 aromatic heterocycles. The molecule has 2 heteroatoms. The molecule has 0 aliphatic carbocycles. The van der Waals surface area contributed by atoms with Crippen LogP contribution in [0.2, 0.25) is 0 Å². The summed E-state index contributed by atoms with van der Waals surface area (Å²) in [6, 6.07) is 4.55. The zero-order valence-electron chi connectivity index (χ0n) is 13.2. The van der Waals surface area contributed by atoms with E-state index in [0.717, 1.165) is 35.4 Å². The van der Waals surface area contributed by atoms with Crippen LogP contribution >= 0.6 is 0 Å². The first-order valence-electron chi connectivity index (χ1n) is 7.25. The largest absolute Gasteiger partial charge is 0.379 e. The number of nitrogens with zero attached hydrogens (tertiary/aromatic N) is 1. The molecule has 20 heavy (non-hydrogen) atoms. The van der Waals surface area contributed by atoms with Crippen molar-refractivity contribution in [1.29, 1.82) is 0 Å². The fraction of sp³-hybridized carbons (Fsp3) is 0.389. The topological polar surface area (TPSA) is 24.4 Å². The van der Waals surface area contributed by atoms with Crippen molar-refractivity contribution in [2.45, 2.75) is 46.6 Å². The number of aryl methyl sites for hydroxylation is 1. The van der Waals surface area contributed by atoms with Gasteiger partial charge < -0.3 is 5.32 Å². The summed E-state index contributed by atoms with van der Waals surface area (Å²) in [6.45, 7) is 16.3. The van der Waals surface area contributed by atoms with Gasteiger partial charge in [-0.25, -0.2) is 0 Å². The first-order chi connectivity index (χ1) is 9.53. The highest BCUT2D eigenvalue weighted by molar-refractivity contribution is 5.79. The van der Waals surface area contributed by atoms with Gasteiger partial charge in [-0.05, 0) is 50.0 Å². The molecule has 0 unspecified atom stereocenters. The molecule has 0 heterocycles. The maximum Gasteiger partial charge on any atom is 0.0721 e. The Morgan fingerprint density at radius 3 is 2.60 bits per heavy atom. The lowest BCUT2D eigenvalue weighted by Crippen LogP contribution is -2.15. The van der Waals surface area contributed by atoms with Crippen LogP contribution in [0.4, 0.5) is 11.4 Å². The third-order valence-corrected chi connectivity index (χ3v) is 3.28. The summed E-state index contributed by atoms with van der Waals surface area (Å²) in [5.41, 5.74) is 5.46. The van der Waals surface area contributed by atoms with Crippen LogP contribution in [0.3, 0.4) is 0 Å². The van der Waals surface area contributed by atoms with Gasteiger partial charge in [0.1, 0.15) is 0 Å². The molecule has 1 N–H and O–H groups in total. The Kier molecular flexibility index (Phi) is 6.23. The molecular formula is C18H26N2. The summed E-state index contributed by atoms with van der Waals surface area (Å²) in [4.78, 5) is 4.55. The zero-order valence-corrected chi connectivity index (χ0v) is 13.2. The molecule has 0 spiro atoms. The van der Waals surface area contributed by atoms with E-state index in [1.807, 2.05) is 19.2 Å². The number of hydrogen-bond donors (Lipinski definition) is 1. The number of allylic oxidation sites excluding steroid dienone is 1. The van der Waals surface area contributed by atoms with Crippen molar-refractivity contribution >= 4 is 23.2 Å². The van der Waals surface area contributed by atoms with Gasteiger partial charge in [-0.1, -0.05) is 26.5 Å². The second-order valence-corrected chi connectivity index (χ2v) is 5.08. The average molecular weight is 270 g/mol. The standard InChI is InChI=1S/C18H26N2/c1-7-10-19-18-12-17(20-15(8-2)9-3)14(6)11-16(18)13(4)5/h8,10-12,15,20H,2,4,7,9H2,1,3,5-6H3/b19-10-/t15-/m1/s1. The van der Waals surface area contributed by atoms with Crippen molar-refractivity contribution in [3.63, 3.8) is 0 Å². The fourth-order valence-electron chi connectivity index (χ4n) is 2.02. The summed E-state index contributed by atoms with van der Waals surface area (Å²) in [7, 11) is 0. The van der Waals surface area contributed by atoms with Gasteiger partial charge in [0.2, 0.25) is 0 Å². The maximum atomic E-state index is 4.55. The molecule has 108 valence electrons. The van der Waals surface area contributed by atoms with E-state index in [4.69, 9.17) is 0 Å². The summed E-state index contributed by atoms with van der Waals surface area (Å²) in [5, 5.41) is 3.51. The van der Waals surface area contributed by atoms with Crippen LogP contribution in [0.1, 0.15) is 44.7 Å². The van der Waals surface area contributed by atoms with Crippen molar-refractivity contribution in [2.24, 2.45) is 4.99 Å². The Morgan fingerprint density at radius 1 is 1.40 bits per heavy atom. The lowest BCUT2D eigenvalue weighted by Gasteiger charge is -2.18. The Balaban J connectivity index is 3.23. The van der Waals surface area contributed by atoms with Gasteiger partial charge in [0.25, 0.3) is 0 Å². The highest BCUT2D eigenvalue weighted by atomic mass is 14.9. The van der Waals surface area contributed by atoms with E-state index in [0.29, 0.717) is 0 Å². The summed E-state index contributed by atoms with van der Waals surface area (Å²) >= 11 is 0. The molecule has 0 aliphatic heterocycles. The monoisotopic (exact) mass is 270 g/mol. The van der Waals surface area contributed by atoms with Crippen molar-refractivity contribution in [3.05, 3.63) is 42.5 Å². The van der Waals surface area contributed by atoms with E-state index >= 15 is 0 Å². The van der Waals surface area contributed by atoms with E-state index in [1.54, 1.807) is 0 Å². The van der Waals surface area contributed by atoms with Crippen molar-refractivity contribution in [2.75, 3.05) is 5.32 Å². The lowest BCUT2D eigenvalue weighted by molar-refractivity contribution is 0.834. The van der Waals surface area contributed by atoms with Crippen LogP contribution in [0.25, 0.3) is 5.57 Å². The van der Waals surface area contributed by atoms with Crippen molar-refractivity contribution in [1.82, 2.24) is 0 Å². The molecule has 0 amide bonds. The van der Waals surface area contributed by atoms with Crippen LogP contribution in [-0.4, -0.2) is 12.3 Å². The maximum absolute atomic E-state index is 4.55. The highest BCUT2D eigenvalue weighted by Crippen LogP contribution is 2.32. The SMILES string of the molecule is C=C[C@H](CC)Nc1cc(/N=C\CC)c(C(=C)C)cc1C. The lowest BCUT2D eigenvalue weighted by atomic mass is 10.0. The Morgan fingerprint density at radius 2 is 2.10 bits per heavy atom. The number of hydrogen-bond acceptors (Lipinski definition) is 2. The molecule has 0 aliphatic rings. The van der Waals surface area contributed by atoms with Crippen LogP contribution in [0, 0.1) is 6.92 Å². The molecule has 2 nitrogen and oxygen atoms in total. The molecule has 1 aromatic carbocycles. The first-order valence-corrected chi connectivity index (χ1v) is 7.25. The molecule has 0 saturated heterocycles. The average Bonchev–Trinajstić information content (AvgIpc) is 2.44. The predicted molar refractivity (Wildman–Crippen MR) is 92.2 cm³/mol. The minimum absolute atomic E-state index is 0.285. The summed E-state index contributed by atoms with van der Waals surface area (Å²) < 4.78 is 0. The predicted octanol–water partition coefficient (Wildman–Crippen LogP) is 5.52.